The van der Waals surface area contributed by atoms with Crippen LogP contribution in [-0.4, -0.2) is 15.3 Å². The third kappa shape index (κ3) is 4.27. The first-order valence-electron chi connectivity index (χ1n) is 7.01. The van der Waals surface area contributed by atoms with Gasteiger partial charge in [0.15, 0.2) is 0 Å². The normalized spacial score (nSPS) is 20.8. The Hall–Kier alpha value is 0.177. The Morgan fingerprint density at radius 2 is 1.73 bits per heavy atom. The van der Waals surface area contributed by atoms with E-state index in [0.29, 0.717) is 0 Å². The van der Waals surface area contributed by atoms with Gasteiger partial charge in [0, 0.05) is 8.80 Å². The third-order valence-corrected chi connectivity index (χ3v) is 8.35. The van der Waals surface area contributed by atoms with Gasteiger partial charge in [0.2, 0.25) is 0 Å². The van der Waals surface area contributed by atoms with Crippen molar-refractivity contribution in [2.75, 3.05) is 6.54 Å². The van der Waals surface area contributed by atoms with Crippen molar-refractivity contribution < 1.29 is 0 Å². The Morgan fingerprint density at radius 1 is 1.13 bits per heavy atom. The van der Waals surface area contributed by atoms with Crippen LogP contribution in [0.5, 0.6) is 0 Å². The van der Waals surface area contributed by atoms with E-state index in [4.69, 9.17) is 5.73 Å². The summed E-state index contributed by atoms with van der Waals surface area (Å²) in [5.74, 6) is 1.03. The predicted molar refractivity (Wildman–Crippen MR) is 72.1 cm³/mol. The molecule has 0 bridgehead atoms. The van der Waals surface area contributed by atoms with Crippen LogP contribution in [0.4, 0.5) is 0 Å². The Kier molecular flexibility index (Phi) is 6.58. The Morgan fingerprint density at radius 3 is 2.20 bits per heavy atom. The van der Waals surface area contributed by atoms with Gasteiger partial charge >= 0.3 is 0 Å². The molecule has 1 rings (SSSR count). The van der Waals surface area contributed by atoms with Crippen molar-refractivity contribution in [3.8, 4) is 0 Å². The number of nitrogens with two attached hydrogens (primary N) is 1. The van der Waals surface area contributed by atoms with Gasteiger partial charge in [0.25, 0.3) is 0 Å². The average Bonchev–Trinajstić information content (AvgIpc) is 2.30. The minimum absolute atomic E-state index is 0.503. The van der Waals surface area contributed by atoms with E-state index in [-0.39, 0.29) is 0 Å². The zero-order valence-electron chi connectivity index (χ0n) is 10.7. The second-order valence-corrected chi connectivity index (χ2v) is 9.41. The molecule has 0 spiro atoms. The zero-order chi connectivity index (χ0) is 11.1. The molecule has 1 fully saturated rings. The second-order valence-electron chi connectivity index (χ2n) is 5.31. The summed E-state index contributed by atoms with van der Waals surface area (Å²) < 4.78 is 0. The molecule has 2 heteroatoms. The molecule has 0 aromatic rings. The van der Waals surface area contributed by atoms with Gasteiger partial charge < -0.3 is 5.73 Å². The highest BCUT2D eigenvalue weighted by atomic mass is 28.3. The van der Waals surface area contributed by atoms with Crippen molar-refractivity contribution in [2.24, 2.45) is 11.7 Å². The molecule has 1 aliphatic carbocycles. The van der Waals surface area contributed by atoms with Gasteiger partial charge in [-0.1, -0.05) is 58.0 Å². The maximum Gasteiger partial charge on any atom is 0.0408 e. The molecule has 0 amide bonds. The quantitative estimate of drug-likeness (QED) is 0.690. The zero-order valence-corrected chi connectivity index (χ0v) is 11.8. The Bertz CT molecular complexity index is 151. The summed E-state index contributed by atoms with van der Waals surface area (Å²) in [6.07, 6.45) is 8.89. The van der Waals surface area contributed by atoms with E-state index in [2.05, 4.69) is 13.8 Å². The van der Waals surface area contributed by atoms with Crippen LogP contribution < -0.4 is 5.73 Å². The van der Waals surface area contributed by atoms with E-state index in [1.165, 1.54) is 50.6 Å². The fraction of sp³-hybridized carbons (Fsp3) is 1.00. The monoisotopic (exact) mass is 227 g/mol. The highest BCUT2D eigenvalue weighted by molar-refractivity contribution is 6.60. The van der Waals surface area contributed by atoms with Crippen LogP contribution in [-0.2, 0) is 0 Å². The molecular weight excluding hydrogens is 198 g/mol. The SMILES string of the molecule is CC[SiH](CC)C(CN)CC1CCCCC1. The second kappa shape index (κ2) is 7.45. The Labute approximate surface area is 97.4 Å². The lowest BCUT2D eigenvalue weighted by Crippen LogP contribution is -2.28. The number of hydrogen-bond donors (Lipinski definition) is 1. The highest BCUT2D eigenvalue weighted by Gasteiger charge is 2.23. The summed E-state index contributed by atoms with van der Waals surface area (Å²) in [6.45, 7) is 5.73. The molecule has 2 N–H and O–H groups in total. The molecule has 0 aromatic carbocycles. The Balaban J connectivity index is 2.36. The summed E-state index contributed by atoms with van der Waals surface area (Å²) in [7, 11) is -0.503. The fourth-order valence-electron chi connectivity index (χ4n) is 3.29. The molecule has 1 unspecified atom stereocenters. The van der Waals surface area contributed by atoms with Gasteiger partial charge in [0.1, 0.15) is 0 Å². The van der Waals surface area contributed by atoms with E-state index in [9.17, 15) is 0 Å². The molecule has 0 aromatic heterocycles. The van der Waals surface area contributed by atoms with Gasteiger partial charge in [-0.25, -0.2) is 0 Å². The van der Waals surface area contributed by atoms with Gasteiger partial charge in [-0.05, 0) is 24.4 Å². The minimum Gasteiger partial charge on any atom is -0.330 e. The molecule has 0 saturated heterocycles. The largest absolute Gasteiger partial charge is 0.330 e. The first-order chi connectivity index (χ1) is 7.31. The molecule has 0 heterocycles. The van der Waals surface area contributed by atoms with E-state index in [0.717, 1.165) is 18.0 Å². The highest BCUT2D eigenvalue weighted by Crippen LogP contribution is 2.33. The molecule has 1 saturated carbocycles. The average molecular weight is 227 g/mol. The lowest BCUT2D eigenvalue weighted by atomic mass is 9.86. The van der Waals surface area contributed by atoms with Crippen LogP contribution in [0.15, 0.2) is 0 Å². The van der Waals surface area contributed by atoms with E-state index < -0.39 is 8.80 Å². The first kappa shape index (κ1) is 13.2. The lowest BCUT2D eigenvalue weighted by Gasteiger charge is -2.29. The lowest BCUT2D eigenvalue weighted by molar-refractivity contribution is 0.332. The molecule has 15 heavy (non-hydrogen) atoms. The third-order valence-electron chi connectivity index (χ3n) is 4.38. The van der Waals surface area contributed by atoms with Crippen molar-refractivity contribution in [2.45, 2.75) is 70.0 Å². The van der Waals surface area contributed by atoms with Crippen molar-refractivity contribution >= 4 is 8.80 Å². The van der Waals surface area contributed by atoms with Crippen LogP contribution in [0.2, 0.25) is 17.6 Å². The summed E-state index contributed by atoms with van der Waals surface area (Å²) in [5, 5.41) is 0. The van der Waals surface area contributed by atoms with Crippen molar-refractivity contribution in [3.05, 3.63) is 0 Å². The summed E-state index contributed by atoms with van der Waals surface area (Å²) in [4.78, 5) is 0. The first-order valence-corrected chi connectivity index (χ1v) is 9.31. The topological polar surface area (TPSA) is 26.0 Å². The van der Waals surface area contributed by atoms with E-state index >= 15 is 0 Å². The maximum absolute atomic E-state index is 5.98. The molecule has 1 nitrogen and oxygen atoms in total. The van der Waals surface area contributed by atoms with Gasteiger partial charge in [-0.15, -0.1) is 0 Å². The van der Waals surface area contributed by atoms with Gasteiger partial charge in [0.05, 0.1) is 0 Å². The maximum atomic E-state index is 5.98. The molecule has 1 atom stereocenters. The van der Waals surface area contributed by atoms with Gasteiger partial charge in [-0.2, -0.15) is 0 Å². The molecule has 0 aliphatic heterocycles. The number of hydrogen-bond acceptors (Lipinski definition) is 1. The summed E-state index contributed by atoms with van der Waals surface area (Å²) in [5.41, 5.74) is 6.91. The van der Waals surface area contributed by atoms with Crippen LogP contribution in [0.25, 0.3) is 0 Å². The molecule has 1 aliphatic rings. The fourth-order valence-corrected chi connectivity index (χ4v) is 6.35. The smallest absolute Gasteiger partial charge is 0.0408 e. The van der Waals surface area contributed by atoms with Crippen molar-refractivity contribution in [1.82, 2.24) is 0 Å². The van der Waals surface area contributed by atoms with Gasteiger partial charge in [-0.3, -0.25) is 0 Å². The molecular formula is C13H29NSi. The predicted octanol–water partition coefficient (Wildman–Crippen LogP) is 3.55. The molecule has 0 radical (unpaired) electrons. The van der Waals surface area contributed by atoms with Crippen LogP contribution in [0.1, 0.15) is 52.4 Å². The van der Waals surface area contributed by atoms with Crippen molar-refractivity contribution in [1.29, 1.82) is 0 Å². The van der Waals surface area contributed by atoms with Crippen LogP contribution in [0.3, 0.4) is 0 Å². The summed E-state index contributed by atoms with van der Waals surface area (Å²) in [6, 6.07) is 2.90. The van der Waals surface area contributed by atoms with Crippen LogP contribution >= 0.6 is 0 Å². The van der Waals surface area contributed by atoms with Crippen LogP contribution in [0, 0.1) is 5.92 Å². The minimum atomic E-state index is -0.503. The number of rotatable bonds is 6. The van der Waals surface area contributed by atoms with E-state index in [1.807, 2.05) is 0 Å². The van der Waals surface area contributed by atoms with Crippen molar-refractivity contribution in [3.63, 3.8) is 0 Å². The van der Waals surface area contributed by atoms with E-state index in [1.54, 1.807) is 0 Å². The standard InChI is InChI=1S/C13H29NSi/c1-3-15(4-2)13(11-14)10-12-8-6-5-7-9-12/h12-13,15H,3-11,14H2,1-2H3. The molecule has 90 valence electrons. The summed E-state index contributed by atoms with van der Waals surface area (Å²) >= 11 is 0.